The molecule has 1 saturated heterocycles. The van der Waals surface area contributed by atoms with E-state index in [9.17, 15) is 23.9 Å². The molecule has 0 aromatic heterocycles. The van der Waals surface area contributed by atoms with E-state index >= 15 is 0 Å². The summed E-state index contributed by atoms with van der Waals surface area (Å²) in [7, 11) is 0. The van der Waals surface area contributed by atoms with Gasteiger partial charge in [0.1, 0.15) is 23.2 Å². The van der Waals surface area contributed by atoms with Crippen molar-refractivity contribution in [2.24, 2.45) is 4.99 Å². The number of rotatable bonds is 5. The predicted octanol–water partition coefficient (Wildman–Crippen LogP) is 1.65. The minimum Gasteiger partial charge on any atom is -0.479 e. The summed E-state index contributed by atoms with van der Waals surface area (Å²) in [6.45, 7) is 3.18. The summed E-state index contributed by atoms with van der Waals surface area (Å²) < 4.78 is 24.1. The molecule has 1 aromatic rings. The highest BCUT2D eigenvalue weighted by atomic mass is 19.1. The molecule has 0 radical (unpaired) electrons. The fraction of sp³-hybridized carbons (Fsp3) is 0.364. The molecule has 1 amide bonds. The molecule has 3 atom stereocenters. The average Bonchev–Trinajstić information content (AvgIpc) is 2.74. The molecule has 3 aliphatic heterocycles. The number of dihydropyridines is 1. The Morgan fingerprint density at radius 2 is 2.03 bits per heavy atom. The number of morpholine rings is 1. The van der Waals surface area contributed by atoms with E-state index < -0.39 is 36.0 Å². The molecular formula is C22H21FN2O6. The fourth-order valence-electron chi connectivity index (χ4n) is 4.14. The van der Waals surface area contributed by atoms with Crippen LogP contribution in [0.15, 0.2) is 51.7 Å². The third-order valence-electron chi connectivity index (χ3n) is 5.62. The van der Waals surface area contributed by atoms with Crippen molar-refractivity contribution in [1.82, 2.24) is 4.90 Å². The lowest BCUT2D eigenvalue weighted by atomic mass is 9.83. The second kappa shape index (κ2) is 7.98. The van der Waals surface area contributed by atoms with Crippen LogP contribution in [0.5, 0.6) is 0 Å². The Morgan fingerprint density at radius 1 is 1.32 bits per heavy atom. The molecule has 1 fully saturated rings. The first-order valence-electron chi connectivity index (χ1n) is 9.90. The number of halogens is 1. The molecule has 3 aliphatic rings. The Bertz CT molecular complexity index is 1040. The Kier molecular flexibility index (Phi) is 5.34. The van der Waals surface area contributed by atoms with E-state index in [-0.39, 0.29) is 24.5 Å². The summed E-state index contributed by atoms with van der Waals surface area (Å²) >= 11 is 0. The Hall–Kier alpha value is -3.49. The third-order valence-corrected chi connectivity index (χ3v) is 5.62. The summed E-state index contributed by atoms with van der Waals surface area (Å²) in [5, 5.41) is 9.57. The zero-order valence-electron chi connectivity index (χ0n) is 17.0. The van der Waals surface area contributed by atoms with E-state index in [4.69, 9.17) is 9.47 Å². The topological polar surface area (TPSA) is 106 Å². The van der Waals surface area contributed by atoms with Gasteiger partial charge in [0.2, 0.25) is 6.10 Å². The van der Waals surface area contributed by atoms with Crippen molar-refractivity contribution in [3.05, 3.63) is 58.1 Å². The average molecular weight is 428 g/mol. The first-order valence-corrected chi connectivity index (χ1v) is 9.90. The van der Waals surface area contributed by atoms with E-state index in [0.717, 1.165) is 5.56 Å². The standard InChI is InChI=1S/C22H21FN2O6/c1-3-30-22(29)16-11(2)17-18-19(31-15(21(27)28)10-25(18)20(16)26)13(9-24-17)8-12-4-6-14(23)7-5-12/h4-7,9,15,17-18H,3,8,10H2,1-2H3,(H,27,28). The van der Waals surface area contributed by atoms with Crippen LogP contribution >= 0.6 is 0 Å². The number of esters is 1. The van der Waals surface area contributed by atoms with Crippen LogP contribution in [-0.2, 0) is 30.3 Å². The Labute approximate surface area is 177 Å². The van der Waals surface area contributed by atoms with Crippen molar-refractivity contribution in [3.8, 4) is 0 Å². The Balaban J connectivity index is 1.78. The summed E-state index contributed by atoms with van der Waals surface area (Å²) in [4.78, 5) is 43.2. The number of carbonyl (C=O) groups excluding carboxylic acids is 2. The lowest BCUT2D eigenvalue weighted by Crippen LogP contribution is -2.61. The van der Waals surface area contributed by atoms with Gasteiger partial charge in [-0.15, -0.1) is 0 Å². The second-order valence-electron chi connectivity index (χ2n) is 7.54. The number of carboxylic acid groups (broad SMARTS) is 1. The van der Waals surface area contributed by atoms with Crippen molar-refractivity contribution in [1.29, 1.82) is 0 Å². The summed E-state index contributed by atoms with van der Waals surface area (Å²) in [5.41, 5.74) is 1.72. The molecule has 4 rings (SSSR count). The van der Waals surface area contributed by atoms with E-state index in [1.165, 1.54) is 17.0 Å². The van der Waals surface area contributed by atoms with Crippen molar-refractivity contribution < 1.29 is 33.4 Å². The van der Waals surface area contributed by atoms with Crippen LogP contribution in [0.1, 0.15) is 19.4 Å². The smallest absolute Gasteiger partial charge is 0.346 e. The normalized spacial score (nSPS) is 24.7. The van der Waals surface area contributed by atoms with Gasteiger partial charge in [0.25, 0.3) is 5.91 Å². The molecule has 162 valence electrons. The molecular weight excluding hydrogens is 407 g/mol. The highest BCUT2D eigenvalue weighted by Gasteiger charge is 2.51. The molecule has 3 heterocycles. The summed E-state index contributed by atoms with van der Waals surface area (Å²) in [6, 6.07) is 4.67. The lowest BCUT2D eigenvalue weighted by Gasteiger charge is -2.47. The second-order valence-corrected chi connectivity index (χ2v) is 7.54. The number of hydrogen-bond donors (Lipinski definition) is 1. The summed E-state index contributed by atoms with van der Waals surface area (Å²) in [5.74, 6) is -2.60. The zero-order chi connectivity index (χ0) is 22.3. The van der Waals surface area contributed by atoms with Gasteiger partial charge in [0, 0.05) is 18.2 Å². The molecule has 0 saturated carbocycles. The molecule has 31 heavy (non-hydrogen) atoms. The van der Waals surface area contributed by atoms with Crippen LogP contribution in [0, 0.1) is 5.82 Å². The van der Waals surface area contributed by atoms with Gasteiger partial charge < -0.3 is 19.5 Å². The number of aliphatic carboxylic acids is 1. The molecule has 9 heteroatoms. The van der Waals surface area contributed by atoms with Gasteiger partial charge >= 0.3 is 11.9 Å². The number of amides is 1. The quantitative estimate of drug-likeness (QED) is 0.565. The number of carbonyl (C=O) groups is 3. The van der Waals surface area contributed by atoms with E-state index in [2.05, 4.69) is 4.99 Å². The fourth-order valence-corrected chi connectivity index (χ4v) is 4.14. The SMILES string of the molecule is CCOC(=O)C1=C(C)C2N=CC(Cc3ccc(F)cc3)=C3OC(C(=O)O)CN(C1=O)C32. The zero-order valence-corrected chi connectivity index (χ0v) is 17.0. The molecule has 1 aromatic carbocycles. The number of nitrogens with zero attached hydrogens (tertiary/aromatic N) is 2. The maximum atomic E-state index is 13.3. The van der Waals surface area contributed by atoms with Gasteiger partial charge in [0.15, 0.2) is 0 Å². The van der Waals surface area contributed by atoms with Crippen LogP contribution in [0.25, 0.3) is 0 Å². The minimum atomic E-state index is -1.28. The van der Waals surface area contributed by atoms with Crippen molar-refractivity contribution >= 4 is 24.1 Å². The third kappa shape index (κ3) is 3.60. The van der Waals surface area contributed by atoms with Crippen LogP contribution in [-0.4, -0.2) is 65.4 Å². The summed E-state index contributed by atoms with van der Waals surface area (Å²) in [6.07, 6.45) is 0.613. The molecule has 3 unspecified atom stereocenters. The van der Waals surface area contributed by atoms with E-state index in [0.29, 0.717) is 23.3 Å². The lowest BCUT2D eigenvalue weighted by molar-refractivity contribution is -0.158. The van der Waals surface area contributed by atoms with Gasteiger partial charge in [-0.2, -0.15) is 0 Å². The number of hydrogen-bond acceptors (Lipinski definition) is 6. The van der Waals surface area contributed by atoms with Crippen LogP contribution < -0.4 is 0 Å². The van der Waals surface area contributed by atoms with E-state index in [1.54, 1.807) is 32.2 Å². The van der Waals surface area contributed by atoms with Crippen LogP contribution in [0.4, 0.5) is 4.39 Å². The number of ether oxygens (including phenoxy) is 2. The van der Waals surface area contributed by atoms with Crippen molar-refractivity contribution in [2.45, 2.75) is 38.5 Å². The highest BCUT2D eigenvalue weighted by Crippen LogP contribution is 2.39. The Morgan fingerprint density at radius 3 is 2.68 bits per heavy atom. The van der Waals surface area contributed by atoms with Gasteiger partial charge in [-0.25, -0.2) is 14.0 Å². The minimum absolute atomic E-state index is 0.105. The van der Waals surface area contributed by atoms with Gasteiger partial charge in [0.05, 0.1) is 19.2 Å². The first-order chi connectivity index (χ1) is 14.8. The largest absolute Gasteiger partial charge is 0.479 e. The molecule has 0 aliphatic carbocycles. The number of benzene rings is 1. The molecule has 0 spiro atoms. The number of carboxylic acids is 1. The molecule has 8 nitrogen and oxygen atoms in total. The maximum absolute atomic E-state index is 13.3. The van der Waals surface area contributed by atoms with Gasteiger partial charge in [-0.1, -0.05) is 12.1 Å². The van der Waals surface area contributed by atoms with Crippen molar-refractivity contribution in [2.75, 3.05) is 13.2 Å². The molecule has 0 bridgehead atoms. The van der Waals surface area contributed by atoms with Gasteiger partial charge in [-0.05, 0) is 37.1 Å². The predicted molar refractivity (Wildman–Crippen MR) is 107 cm³/mol. The highest BCUT2D eigenvalue weighted by molar-refractivity contribution is 6.18. The van der Waals surface area contributed by atoms with E-state index in [1.807, 2.05) is 0 Å². The van der Waals surface area contributed by atoms with Crippen LogP contribution in [0.2, 0.25) is 0 Å². The van der Waals surface area contributed by atoms with Gasteiger partial charge in [-0.3, -0.25) is 9.79 Å². The monoisotopic (exact) mass is 428 g/mol. The number of allylic oxidation sites excluding steroid dienone is 1. The van der Waals surface area contributed by atoms with Crippen molar-refractivity contribution in [3.63, 3.8) is 0 Å². The number of aliphatic imine (C=N–C) groups is 1. The maximum Gasteiger partial charge on any atom is 0.346 e. The first kappa shape index (κ1) is 20.8. The van der Waals surface area contributed by atoms with Crippen LogP contribution in [0.3, 0.4) is 0 Å². The molecule has 1 N–H and O–H groups in total.